The van der Waals surface area contributed by atoms with E-state index in [1.165, 1.54) is 14.2 Å². The monoisotopic (exact) mass is 832 g/mol. The summed E-state index contributed by atoms with van der Waals surface area (Å²) in [7, 11) is 2.59. The van der Waals surface area contributed by atoms with Gasteiger partial charge in [-0.15, -0.1) is 0 Å². The number of H-pyrrole nitrogens is 2. The van der Waals surface area contributed by atoms with E-state index in [1.807, 2.05) is 49.8 Å². The Morgan fingerprint density at radius 2 is 1.46 bits per heavy atom. The molecule has 4 N–H and O–H groups in total. The van der Waals surface area contributed by atoms with E-state index in [0.29, 0.717) is 31.9 Å². The lowest BCUT2D eigenvalue weighted by Gasteiger charge is -2.34. The van der Waals surface area contributed by atoms with Crippen LogP contribution in [0.3, 0.4) is 0 Å². The van der Waals surface area contributed by atoms with E-state index < -0.39 is 29.9 Å². The first-order valence-electron chi connectivity index (χ1n) is 21.4. The summed E-state index contributed by atoms with van der Waals surface area (Å²) >= 11 is 0. The Hall–Kier alpha value is -5.96. The predicted octanol–water partition coefficient (Wildman–Crippen LogP) is 7.41. The fourth-order valence-electron chi connectivity index (χ4n) is 9.34. The molecule has 3 aliphatic heterocycles. The Morgan fingerprint density at radius 3 is 2.11 bits per heavy atom. The maximum atomic E-state index is 14.1. The van der Waals surface area contributed by atoms with Crippen LogP contribution in [-0.2, 0) is 23.8 Å². The molecule has 5 aromatic rings. The number of carbonyl (C=O) groups is 4. The minimum atomic E-state index is -0.754. The molecule has 3 fully saturated rings. The summed E-state index contributed by atoms with van der Waals surface area (Å²) in [5, 5.41) is 7.52. The van der Waals surface area contributed by atoms with E-state index in [1.54, 1.807) is 0 Å². The van der Waals surface area contributed by atoms with Gasteiger partial charge in [0.1, 0.15) is 23.7 Å². The SMILES string of the molecule is COC(=O)N[C@H](C(=O)N1C[C@]2(CCCCO2)C[C@H]1c1ncc(-c2ccc(-c3ccc4c(ccc5[nH]c([C@@H]6CCCN6C(=O)[C@@H](NC(=O)OC)C(C)C)nc54)c3)cc2)[nH]1)C(C)C. The summed E-state index contributed by atoms with van der Waals surface area (Å²) in [4.78, 5) is 72.7. The third-order valence-electron chi connectivity index (χ3n) is 12.7. The number of nitrogens with one attached hydrogen (secondary N) is 4. The Kier molecular flexibility index (Phi) is 11.8. The normalized spacial score (nSPS) is 21.4. The van der Waals surface area contributed by atoms with E-state index in [0.717, 1.165) is 82.1 Å². The van der Waals surface area contributed by atoms with Gasteiger partial charge in [0.15, 0.2) is 0 Å². The summed E-state index contributed by atoms with van der Waals surface area (Å²) < 4.78 is 16.0. The second-order valence-corrected chi connectivity index (χ2v) is 17.4. The third kappa shape index (κ3) is 8.27. The van der Waals surface area contributed by atoms with Crippen LogP contribution in [0.5, 0.6) is 0 Å². The average molecular weight is 833 g/mol. The maximum absolute atomic E-state index is 14.1. The molecule has 322 valence electrons. The molecule has 15 heteroatoms. The molecule has 4 amide bonds. The zero-order valence-corrected chi connectivity index (χ0v) is 35.7. The van der Waals surface area contributed by atoms with Gasteiger partial charge in [0, 0.05) is 25.0 Å². The van der Waals surface area contributed by atoms with Gasteiger partial charge in [-0.05, 0) is 78.1 Å². The molecule has 2 aromatic heterocycles. The minimum Gasteiger partial charge on any atom is -0.453 e. The second kappa shape index (κ2) is 17.2. The summed E-state index contributed by atoms with van der Waals surface area (Å²) in [5.41, 5.74) is 5.20. The van der Waals surface area contributed by atoms with Crippen molar-refractivity contribution in [3.8, 4) is 22.4 Å². The average Bonchev–Trinajstić information content (AvgIpc) is 4.10. The van der Waals surface area contributed by atoms with Crippen molar-refractivity contribution < 1.29 is 33.4 Å². The highest BCUT2D eigenvalue weighted by molar-refractivity contribution is 6.05. The number of alkyl carbamates (subject to hydrolysis) is 2. The van der Waals surface area contributed by atoms with Gasteiger partial charge >= 0.3 is 12.2 Å². The van der Waals surface area contributed by atoms with E-state index >= 15 is 0 Å². The zero-order chi connectivity index (χ0) is 43.0. The van der Waals surface area contributed by atoms with Gasteiger partial charge in [0.05, 0.1) is 61.4 Å². The van der Waals surface area contributed by atoms with E-state index in [2.05, 4.69) is 69.1 Å². The number of methoxy groups -OCH3 is 2. The second-order valence-electron chi connectivity index (χ2n) is 17.4. The van der Waals surface area contributed by atoms with Gasteiger partial charge in [0.25, 0.3) is 0 Å². The molecule has 5 heterocycles. The van der Waals surface area contributed by atoms with Crippen molar-refractivity contribution in [1.82, 2.24) is 40.4 Å². The number of benzene rings is 3. The Labute approximate surface area is 355 Å². The third-order valence-corrected chi connectivity index (χ3v) is 12.7. The quantitative estimate of drug-likeness (QED) is 0.111. The number of ether oxygens (including phenoxy) is 3. The molecule has 1 spiro atoms. The van der Waals surface area contributed by atoms with Crippen molar-refractivity contribution in [3.63, 3.8) is 0 Å². The molecule has 8 rings (SSSR count). The van der Waals surface area contributed by atoms with Crippen LogP contribution in [0.2, 0.25) is 0 Å². The fourth-order valence-corrected chi connectivity index (χ4v) is 9.34. The molecular weight excluding hydrogens is 777 g/mol. The Balaban J connectivity index is 1.01. The minimum absolute atomic E-state index is 0.115. The molecule has 5 atom stereocenters. The summed E-state index contributed by atoms with van der Waals surface area (Å²) in [6, 6.07) is 16.8. The molecule has 3 saturated heterocycles. The van der Waals surface area contributed by atoms with Crippen LogP contribution in [0.25, 0.3) is 44.2 Å². The maximum Gasteiger partial charge on any atom is 0.407 e. The van der Waals surface area contributed by atoms with Crippen LogP contribution in [0.4, 0.5) is 9.59 Å². The lowest BCUT2D eigenvalue weighted by atomic mass is 9.91. The van der Waals surface area contributed by atoms with Crippen LogP contribution < -0.4 is 10.6 Å². The Morgan fingerprint density at radius 1 is 0.787 bits per heavy atom. The highest BCUT2D eigenvalue weighted by Crippen LogP contribution is 2.44. The van der Waals surface area contributed by atoms with Crippen LogP contribution in [-0.4, -0.2) is 105 Å². The molecule has 61 heavy (non-hydrogen) atoms. The highest BCUT2D eigenvalue weighted by Gasteiger charge is 2.50. The molecule has 0 bridgehead atoms. The van der Waals surface area contributed by atoms with Gasteiger partial charge in [-0.1, -0.05) is 70.2 Å². The number of imidazole rings is 2. The molecule has 0 unspecified atom stereocenters. The number of aromatic nitrogens is 4. The van der Waals surface area contributed by atoms with Crippen molar-refractivity contribution in [2.45, 2.75) is 96.0 Å². The van der Waals surface area contributed by atoms with Crippen molar-refractivity contribution >= 4 is 45.8 Å². The molecule has 3 aromatic carbocycles. The Bertz CT molecular complexity index is 2420. The number of hydrogen-bond acceptors (Lipinski definition) is 9. The number of fused-ring (bicyclic) bond motifs is 3. The predicted molar refractivity (Wildman–Crippen MR) is 230 cm³/mol. The number of rotatable bonds is 10. The van der Waals surface area contributed by atoms with Crippen molar-refractivity contribution in [3.05, 3.63) is 72.4 Å². The highest BCUT2D eigenvalue weighted by atomic mass is 16.5. The van der Waals surface area contributed by atoms with Gasteiger partial charge in [-0.2, -0.15) is 0 Å². The molecule has 0 aliphatic carbocycles. The van der Waals surface area contributed by atoms with Crippen LogP contribution >= 0.6 is 0 Å². The first-order valence-corrected chi connectivity index (χ1v) is 21.4. The molecule has 0 saturated carbocycles. The first-order chi connectivity index (χ1) is 29.4. The number of carbonyl (C=O) groups excluding carboxylic acids is 4. The number of aromatic amines is 2. The smallest absolute Gasteiger partial charge is 0.407 e. The van der Waals surface area contributed by atoms with Gasteiger partial charge in [0.2, 0.25) is 11.8 Å². The largest absolute Gasteiger partial charge is 0.453 e. The molecular formula is C46H56N8O7. The van der Waals surface area contributed by atoms with Crippen LogP contribution in [0.15, 0.2) is 60.8 Å². The lowest BCUT2D eigenvalue weighted by Crippen LogP contribution is -2.52. The fraction of sp³-hybridized carbons (Fsp3) is 0.478. The first kappa shape index (κ1) is 41.8. The summed E-state index contributed by atoms with van der Waals surface area (Å²) in [6.07, 6.45) is 5.67. The van der Waals surface area contributed by atoms with Gasteiger partial charge in [-0.25, -0.2) is 19.6 Å². The molecule has 3 aliphatic rings. The van der Waals surface area contributed by atoms with E-state index in [9.17, 15) is 19.2 Å². The molecule has 0 radical (unpaired) electrons. The van der Waals surface area contributed by atoms with Crippen molar-refractivity contribution in [2.75, 3.05) is 33.9 Å². The van der Waals surface area contributed by atoms with Gasteiger partial charge < -0.3 is 44.6 Å². The number of hydrogen-bond donors (Lipinski definition) is 4. The van der Waals surface area contributed by atoms with Crippen molar-refractivity contribution in [2.24, 2.45) is 11.8 Å². The van der Waals surface area contributed by atoms with E-state index in [4.69, 9.17) is 24.2 Å². The lowest BCUT2D eigenvalue weighted by molar-refractivity contribution is -0.137. The zero-order valence-electron chi connectivity index (χ0n) is 35.7. The molecule has 15 nitrogen and oxygen atoms in total. The topological polar surface area (TPSA) is 184 Å². The summed E-state index contributed by atoms with van der Waals surface area (Å²) in [5.74, 6) is 0.830. The van der Waals surface area contributed by atoms with Crippen LogP contribution in [0.1, 0.15) is 90.0 Å². The summed E-state index contributed by atoms with van der Waals surface area (Å²) in [6.45, 7) is 9.31. The van der Waals surface area contributed by atoms with Crippen molar-refractivity contribution in [1.29, 1.82) is 0 Å². The number of likely N-dealkylation sites (tertiary alicyclic amines) is 2. The van der Waals surface area contributed by atoms with E-state index in [-0.39, 0.29) is 35.7 Å². The number of nitrogens with zero attached hydrogens (tertiary/aromatic N) is 4. The van der Waals surface area contributed by atoms with Gasteiger partial charge in [-0.3, -0.25) is 9.59 Å². The number of amides is 4. The van der Waals surface area contributed by atoms with Crippen LogP contribution in [0, 0.1) is 11.8 Å². The standard InChI is InChI=1S/C46H56N8O7/c1-26(2)37(51-44(57)59-5)42(55)53-20-9-10-35(53)41-48-33-18-16-31-22-30(15-17-32(31)39(33)50-41)28-11-13-29(14-12-28)34-24-47-40(49-34)36-23-46(19-7-8-21-61-46)25-54(36)43(56)38(27(3)4)52-45(58)60-6/h11-18,22,24,26-27,35-38H,7-10,19-21,23,25H2,1-6H3,(H,47,49)(H,48,50)(H,51,57)(H,52,58)/t35-,36-,37-,38-,46-/m0/s1.